The Bertz CT molecular complexity index is 395. The molecule has 1 heterocycles. The monoisotopic (exact) mass is 238 g/mol. The van der Waals surface area contributed by atoms with Crippen LogP contribution in [0.5, 0.6) is 0 Å². The van der Waals surface area contributed by atoms with E-state index >= 15 is 0 Å². The molecule has 2 rings (SSSR count). The summed E-state index contributed by atoms with van der Waals surface area (Å²) in [7, 11) is 0. The van der Waals surface area contributed by atoms with Crippen molar-refractivity contribution in [3.63, 3.8) is 0 Å². The average Bonchev–Trinajstić information content (AvgIpc) is 2.66. The van der Waals surface area contributed by atoms with Crippen LogP contribution >= 0.6 is 11.6 Å². The molecule has 1 atom stereocenters. The third kappa shape index (κ3) is 2.45. The van der Waals surface area contributed by atoms with Gasteiger partial charge in [-0.1, -0.05) is 23.7 Å². The summed E-state index contributed by atoms with van der Waals surface area (Å²) < 4.78 is 5.52. The fourth-order valence-electron chi connectivity index (χ4n) is 2.02. The Labute approximate surface area is 101 Å². The minimum Gasteiger partial charge on any atom is -0.367 e. The summed E-state index contributed by atoms with van der Waals surface area (Å²) in [6.45, 7) is 2.57. The number of carbonyl (C=O) groups is 1. The molecule has 0 radical (unpaired) electrons. The van der Waals surface area contributed by atoms with Gasteiger partial charge in [0.05, 0.1) is 0 Å². The van der Waals surface area contributed by atoms with Crippen molar-refractivity contribution in [2.75, 3.05) is 6.61 Å². The van der Waals surface area contributed by atoms with Crippen molar-refractivity contribution < 1.29 is 9.53 Å². The van der Waals surface area contributed by atoms with Gasteiger partial charge in [0, 0.05) is 18.1 Å². The first-order chi connectivity index (χ1) is 7.60. The van der Waals surface area contributed by atoms with E-state index in [9.17, 15) is 4.79 Å². The molecule has 0 bridgehead atoms. The highest BCUT2D eigenvalue weighted by atomic mass is 35.5. The van der Waals surface area contributed by atoms with Crippen molar-refractivity contribution in [3.05, 3.63) is 34.9 Å². The van der Waals surface area contributed by atoms with E-state index in [0.717, 1.165) is 18.4 Å². The number of ketones is 1. The van der Waals surface area contributed by atoms with Crippen molar-refractivity contribution in [2.45, 2.75) is 31.8 Å². The van der Waals surface area contributed by atoms with Crippen LogP contribution in [0.1, 0.15) is 25.3 Å². The van der Waals surface area contributed by atoms with Gasteiger partial charge in [-0.2, -0.15) is 0 Å². The minimum absolute atomic E-state index is 0.146. The van der Waals surface area contributed by atoms with Gasteiger partial charge < -0.3 is 4.74 Å². The van der Waals surface area contributed by atoms with Crippen LogP contribution in [0.2, 0.25) is 5.02 Å². The largest absolute Gasteiger partial charge is 0.367 e. The molecular formula is C13H15ClO2. The molecule has 0 N–H and O–H groups in total. The lowest BCUT2D eigenvalue weighted by atomic mass is 9.92. The Morgan fingerprint density at radius 1 is 1.56 bits per heavy atom. The lowest BCUT2D eigenvalue weighted by molar-refractivity contribution is -0.136. The molecule has 3 heteroatoms. The first-order valence-electron chi connectivity index (χ1n) is 5.52. The van der Waals surface area contributed by atoms with Crippen molar-refractivity contribution in [1.29, 1.82) is 0 Å². The van der Waals surface area contributed by atoms with Crippen LogP contribution in [-0.4, -0.2) is 18.0 Å². The van der Waals surface area contributed by atoms with E-state index in [1.165, 1.54) is 0 Å². The van der Waals surface area contributed by atoms with Gasteiger partial charge in [0.25, 0.3) is 0 Å². The number of Topliss-reactive ketones (excluding diaryl/α,β-unsaturated/α-hetero) is 1. The summed E-state index contributed by atoms with van der Waals surface area (Å²) in [6, 6.07) is 7.42. The summed E-state index contributed by atoms with van der Waals surface area (Å²) in [4.78, 5) is 12.1. The summed E-state index contributed by atoms with van der Waals surface area (Å²) in [5.41, 5.74) is 0.372. The molecule has 0 spiro atoms. The van der Waals surface area contributed by atoms with Crippen LogP contribution in [0.3, 0.4) is 0 Å². The summed E-state index contributed by atoms with van der Waals surface area (Å²) >= 11 is 5.88. The zero-order valence-electron chi connectivity index (χ0n) is 9.33. The third-order valence-corrected chi connectivity index (χ3v) is 3.30. The lowest BCUT2D eigenvalue weighted by Crippen LogP contribution is -2.35. The quantitative estimate of drug-likeness (QED) is 0.809. The Kier molecular flexibility index (Phi) is 3.31. The van der Waals surface area contributed by atoms with Crippen molar-refractivity contribution in [3.8, 4) is 0 Å². The Hall–Kier alpha value is -0.860. The maximum atomic E-state index is 12.1. The van der Waals surface area contributed by atoms with Crippen molar-refractivity contribution >= 4 is 17.4 Å². The summed E-state index contributed by atoms with van der Waals surface area (Å²) in [5, 5.41) is 0.669. The van der Waals surface area contributed by atoms with Gasteiger partial charge >= 0.3 is 0 Å². The SMILES string of the molecule is CC1(C(=O)Cc2cccc(Cl)c2)CCCO1. The van der Waals surface area contributed by atoms with Crippen molar-refractivity contribution in [2.24, 2.45) is 0 Å². The standard InChI is InChI=1S/C13H15ClO2/c1-13(6-3-7-16-13)12(15)9-10-4-2-5-11(14)8-10/h2,4-5,8H,3,6-7,9H2,1H3. The van der Waals surface area contributed by atoms with Crippen LogP contribution in [0.15, 0.2) is 24.3 Å². The molecule has 0 saturated carbocycles. The van der Waals surface area contributed by atoms with E-state index in [1.54, 1.807) is 0 Å². The normalized spacial score (nSPS) is 24.6. The molecular weight excluding hydrogens is 224 g/mol. The molecule has 0 aliphatic carbocycles. The Morgan fingerprint density at radius 2 is 2.38 bits per heavy atom. The van der Waals surface area contributed by atoms with Gasteiger partial charge in [-0.05, 0) is 37.5 Å². The van der Waals surface area contributed by atoms with Crippen LogP contribution in [0.25, 0.3) is 0 Å². The van der Waals surface area contributed by atoms with Crippen LogP contribution in [-0.2, 0) is 16.0 Å². The number of carbonyl (C=O) groups excluding carboxylic acids is 1. The fraction of sp³-hybridized carbons (Fsp3) is 0.462. The van der Waals surface area contributed by atoms with Gasteiger partial charge in [0.2, 0.25) is 0 Å². The van der Waals surface area contributed by atoms with Crippen molar-refractivity contribution in [1.82, 2.24) is 0 Å². The van der Waals surface area contributed by atoms with Gasteiger partial charge in [0.1, 0.15) is 5.60 Å². The smallest absolute Gasteiger partial charge is 0.168 e. The highest BCUT2D eigenvalue weighted by Crippen LogP contribution is 2.27. The van der Waals surface area contributed by atoms with Gasteiger partial charge in [-0.3, -0.25) is 4.79 Å². The lowest BCUT2D eigenvalue weighted by Gasteiger charge is -2.21. The molecule has 1 saturated heterocycles. The molecule has 1 fully saturated rings. The number of halogens is 1. The average molecular weight is 239 g/mol. The van der Waals surface area contributed by atoms with E-state index in [1.807, 2.05) is 31.2 Å². The van der Waals surface area contributed by atoms with Gasteiger partial charge in [-0.25, -0.2) is 0 Å². The molecule has 16 heavy (non-hydrogen) atoms. The molecule has 0 amide bonds. The molecule has 1 aromatic rings. The molecule has 86 valence electrons. The maximum absolute atomic E-state index is 12.1. The van der Waals surface area contributed by atoms with E-state index < -0.39 is 5.60 Å². The van der Waals surface area contributed by atoms with Crippen LogP contribution in [0.4, 0.5) is 0 Å². The Morgan fingerprint density at radius 3 is 3.00 bits per heavy atom. The number of ether oxygens (including phenoxy) is 1. The second kappa shape index (κ2) is 4.56. The number of hydrogen-bond donors (Lipinski definition) is 0. The molecule has 0 aromatic heterocycles. The molecule has 1 aliphatic heterocycles. The topological polar surface area (TPSA) is 26.3 Å². The van der Waals surface area contributed by atoms with Crippen LogP contribution < -0.4 is 0 Å². The van der Waals surface area contributed by atoms with E-state index in [-0.39, 0.29) is 5.78 Å². The highest BCUT2D eigenvalue weighted by Gasteiger charge is 2.36. The second-order valence-electron chi connectivity index (χ2n) is 4.41. The summed E-state index contributed by atoms with van der Waals surface area (Å²) in [6.07, 6.45) is 2.20. The zero-order valence-corrected chi connectivity index (χ0v) is 10.1. The number of rotatable bonds is 3. The molecule has 1 aromatic carbocycles. The molecule has 2 nitrogen and oxygen atoms in total. The zero-order chi connectivity index (χ0) is 11.6. The second-order valence-corrected chi connectivity index (χ2v) is 4.85. The predicted molar refractivity (Wildman–Crippen MR) is 63.8 cm³/mol. The highest BCUT2D eigenvalue weighted by molar-refractivity contribution is 6.30. The van der Waals surface area contributed by atoms with Gasteiger partial charge in [0.15, 0.2) is 5.78 Å². The third-order valence-electron chi connectivity index (χ3n) is 3.06. The summed E-state index contributed by atoms with van der Waals surface area (Å²) in [5.74, 6) is 0.146. The Balaban J connectivity index is 2.07. The number of benzene rings is 1. The first kappa shape index (κ1) is 11.6. The van der Waals surface area contributed by atoms with E-state index in [0.29, 0.717) is 18.1 Å². The maximum Gasteiger partial charge on any atom is 0.168 e. The predicted octanol–water partition coefficient (Wildman–Crippen LogP) is 3.02. The minimum atomic E-state index is -0.581. The van der Waals surface area contributed by atoms with Crippen LogP contribution in [0, 0.1) is 0 Å². The molecule has 1 unspecified atom stereocenters. The first-order valence-corrected chi connectivity index (χ1v) is 5.90. The van der Waals surface area contributed by atoms with Gasteiger partial charge in [-0.15, -0.1) is 0 Å². The van der Waals surface area contributed by atoms with E-state index in [2.05, 4.69) is 0 Å². The van der Waals surface area contributed by atoms with E-state index in [4.69, 9.17) is 16.3 Å². The molecule has 1 aliphatic rings. The fourth-order valence-corrected chi connectivity index (χ4v) is 2.23. The number of hydrogen-bond acceptors (Lipinski definition) is 2.